The predicted octanol–water partition coefficient (Wildman–Crippen LogP) is 2.27. The summed E-state index contributed by atoms with van der Waals surface area (Å²) in [4.78, 5) is 0. The number of rotatable bonds is 2. The van der Waals surface area contributed by atoms with E-state index >= 15 is 0 Å². The second kappa shape index (κ2) is 3.93. The predicted molar refractivity (Wildman–Crippen MR) is 47.3 cm³/mol. The molecule has 3 heteroatoms. The van der Waals surface area contributed by atoms with Crippen LogP contribution in [0, 0.1) is 0 Å². The topological polar surface area (TPSA) is 22.4 Å². The molecule has 0 aliphatic carbocycles. The van der Waals surface area contributed by atoms with E-state index in [9.17, 15) is 0 Å². The molecular weight excluding hydrogens is 160 g/mol. The summed E-state index contributed by atoms with van der Waals surface area (Å²) in [6.07, 6.45) is 5.04. The Morgan fingerprint density at radius 1 is 1.73 bits per heavy atom. The van der Waals surface area contributed by atoms with Crippen LogP contribution >= 0.6 is 12.2 Å². The summed E-state index contributed by atoms with van der Waals surface area (Å²) in [6, 6.07) is 3.66. The number of ether oxygens (including phenoxy) is 1. The van der Waals surface area contributed by atoms with Gasteiger partial charge in [-0.05, 0) is 36.5 Å². The van der Waals surface area contributed by atoms with Crippen LogP contribution in [0.3, 0.4) is 0 Å². The first-order valence-electron chi connectivity index (χ1n) is 3.12. The standard InChI is InChI=1S/C8H8O2S/c1-9-8(11)5-4-7-3-2-6-10-7/h2-6H,1H3/b5-4+. The van der Waals surface area contributed by atoms with Gasteiger partial charge in [0.1, 0.15) is 5.76 Å². The fourth-order valence-electron chi connectivity index (χ4n) is 0.604. The fourth-order valence-corrected chi connectivity index (χ4v) is 0.672. The van der Waals surface area contributed by atoms with Crippen molar-refractivity contribution < 1.29 is 9.15 Å². The lowest BCUT2D eigenvalue weighted by molar-refractivity contribution is 0.418. The van der Waals surface area contributed by atoms with Gasteiger partial charge >= 0.3 is 0 Å². The Balaban J connectivity index is 2.55. The summed E-state index contributed by atoms with van der Waals surface area (Å²) >= 11 is 4.78. The van der Waals surface area contributed by atoms with Gasteiger partial charge < -0.3 is 9.15 Å². The van der Waals surface area contributed by atoms with Gasteiger partial charge in [-0.2, -0.15) is 0 Å². The maximum atomic E-state index is 5.03. The Hall–Kier alpha value is -1.09. The van der Waals surface area contributed by atoms with E-state index in [0.717, 1.165) is 5.76 Å². The number of hydrogen-bond donors (Lipinski definition) is 0. The van der Waals surface area contributed by atoms with Crippen LogP contribution in [-0.2, 0) is 4.74 Å². The Morgan fingerprint density at radius 3 is 3.09 bits per heavy atom. The molecule has 0 spiro atoms. The number of furan rings is 1. The lowest BCUT2D eigenvalue weighted by Crippen LogP contribution is -1.89. The number of hydrogen-bond acceptors (Lipinski definition) is 3. The molecule has 2 nitrogen and oxygen atoms in total. The van der Waals surface area contributed by atoms with Crippen LogP contribution in [0.4, 0.5) is 0 Å². The average Bonchev–Trinajstić information content (AvgIpc) is 2.52. The molecule has 1 aromatic rings. The molecule has 0 radical (unpaired) electrons. The van der Waals surface area contributed by atoms with Crippen molar-refractivity contribution in [2.45, 2.75) is 0 Å². The molecule has 0 atom stereocenters. The molecule has 58 valence electrons. The highest BCUT2D eigenvalue weighted by Crippen LogP contribution is 2.02. The highest BCUT2D eigenvalue weighted by Gasteiger charge is 1.88. The van der Waals surface area contributed by atoms with Crippen molar-refractivity contribution in [3.63, 3.8) is 0 Å². The average molecular weight is 168 g/mol. The molecular formula is C8H8O2S. The van der Waals surface area contributed by atoms with Crippen molar-refractivity contribution in [3.05, 3.63) is 30.2 Å². The first-order valence-corrected chi connectivity index (χ1v) is 3.53. The molecule has 0 saturated carbocycles. The van der Waals surface area contributed by atoms with Gasteiger partial charge in [-0.25, -0.2) is 0 Å². The maximum Gasteiger partial charge on any atom is 0.183 e. The van der Waals surface area contributed by atoms with E-state index < -0.39 is 0 Å². The van der Waals surface area contributed by atoms with Crippen molar-refractivity contribution in [2.75, 3.05) is 7.11 Å². The summed E-state index contributed by atoms with van der Waals surface area (Å²) in [6.45, 7) is 0. The van der Waals surface area contributed by atoms with Gasteiger partial charge in [0.15, 0.2) is 5.05 Å². The van der Waals surface area contributed by atoms with Crippen LogP contribution in [0.1, 0.15) is 5.76 Å². The molecule has 0 N–H and O–H groups in total. The van der Waals surface area contributed by atoms with Crippen LogP contribution in [-0.4, -0.2) is 12.2 Å². The van der Waals surface area contributed by atoms with Gasteiger partial charge in [-0.1, -0.05) is 0 Å². The second-order valence-corrected chi connectivity index (χ2v) is 2.27. The van der Waals surface area contributed by atoms with Crippen molar-refractivity contribution >= 4 is 23.3 Å². The van der Waals surface area contributed by atoms with Crippen molar-refractivity contribution in [1.29, 1.82) is 0 Å². The van der Waals surface area contributed by atoms with E-state index in [4.69, 9.17) is 21.4 Å². The van der Waals surface area contributed by atoms with Gasteiger partial charge in [-0.15, -0.1) is 0 Å². The number of methoxy groups -OCH3 is 1. The lowest BCUT2D eigenvalue weighted by atomic mass is 10.4. The third-order valence-electron chi connectivity index (χ3n) is 1.13. The van der Waals surface area contributed by atoms with Crippen molar-refractivity contribution in [2.24, 2.45) is 0 Å². The third-order valence-corrected chi connectivity index (χ3v) is 1.43. The normalized spacial score (nSPS) is 10.3. The quantitative estimate of drug-likeness (QED) is 0.499. The molecule has 11 heavy (non-hydrogen) atoms. The van der Waals surface area contributed by atoms with Crippen LogP contribution < -0.4 is 0 Å². The second-order valence-electron chi connectivity index (χ2n) is 1.87. The highest BCUT2D eigenvalue weighted by molar-refractivity contribution is 7.80. The Bertz CT molecular complexity index is 249. The summed E-state index contributed by atoms with van der Waals surface area (Å²) < 4.78 is 9.78. The molecule has 1 rings (SSSR count). The summed E-state index contributed by atoms with van der Waals surface area (Å²) in [5.74, 6) is 0.768. The van der Waals surface area contributed by atoms with Crippen LogP contribution in [0.5, 0.6) is 0 Å². The summed E-state index contributed by atoms with van der Waals surface area (Å²) in [5.41, 5.74) is 0. The van der Waals surface area contributed by atoms with Gasteiger partial charge in [-0.3, -0.25) is 0 Å². The minimum atomic E-state index is 0.446. The van der Waals surface area contributed by atoms with Crippen molar-refractivity contribution in [1.82, 2.24) is 0 Å². The van der Waals surface area contributed by atoms with Crippen LogP contribution in [0.2, 0.25) is 0 Å². The molecule has 0 unspecified atom stereocenters. The van der Waals surface area contributed by atoms with Gasteiger partial charge in [0.25, 0.3) is 0 Å². The maximum absolute atomic E-state index is 5.03. The zero-order chi connectivity index (χ0) is 8.10. The van der Waals surface area contributed by atoms with Crippen LogP contribution in [0.15, 0.2) is 28.9 Å². The zero-order valence-corrected chi connectivity index (χ0v) is 6.93. The van der Waals surface area contributed by atoms with Crippen LogP contribution in [0.25, 0.3) is 6.08 Å². The molecule has 0 bridgehead atoms. The van der Waals surface area contributed by atoms with E-state index in [-0.39, 0.29) is 0 Å². The SMILES string of the molecule is COC(=S)/C=C/c1ccco1. The lowest BCUT2D eigenvalue weighted by Gasteiger charge is -1.90. The number of thiocarbonyl (C=S) groups is 1. The first-order chi connectivity index (χ1) is 5.33. The van der Waals surface area contributed by atoms with E-state index in [2.05, 4.69) is 0 Å². The van der Waals surface area contributed by atoms with E-state index in [0.29, 0.717) is 5.05 Å². The third kappa shape index (κ3) is 2.55. The molecule has 1 heterocycles. The van der Waals surface area contributed by atoms with E-state index in [1.165, 1.54) is 7.11 Å². The molecule has 1 aromatic heterocycles. The Morgan fingerprint density at radius 2 is 2.55 bits per heavy atom. The van der Waals surface area contributed by atoms with E-state index in [1.54, 1.807) is 18.4 Å². The molecule has 0 aliphatic rings. The molecule has 0 amide bonds. The Labute approximate surface area is 70.5 Å². The summed E-state index contributed by atoms with van der Waals surface area (Å²) in [5, 5.41) is 0.446. The van der Waals surface area contributed by atoms with Gasteiger partial charge in [0, 0.05) is 0 Å². The van der Waals surface area contributed by atoms with E-state index in [1.807, 2.05) is 12.1 Å². The zero-order valence-electron chi connectivity index (χ0n) is 6.11. The van der Waals surface area contributed by atoms with Crippen molar-refractivity contribution in [3.8, 4) is 0 Å². The highest BCUT2D eigenvalue weighted by atomic mass is 32.1. The minimum absolute atomic E-state index is 0.446. The molecule has 0 saturated heterocycles. The largest absolute Gasteiger partial charge is 0.487 e. The smallest absolute Gasteiger partial charge is 0.183 e. The first kappa shape index (κ1) is 8.01. The molecule has 0 aliphatic heterocycles. The van der Waals surface area contributed by atoms with Gasteiger partial charge in [0.2, 0.25) is 0 Å². The monoisotopic (exact) mass is 168 g/mol. The molecule has 0 fully saturated rings. The van der Waals surface area contributed by atoms with Gasteiger partial charge in [0.05, 0.1) is 13.4 Å². The fraction of sp³-hybridized carbons (Fsp3) is 0.125. The summed E-state index contributed by atoms with van der Waals surface area (Å²) in [7, 11) is 1.54. The molecule has 0 aromatic carbocycles. The minimum Gasteiger partial charge on any atom is -0.487 e. The Kier molecular flexibility index (Phi) is 2.86.